The second kappa shape index (κ2) is 2.86. The highest BCUT2D eigenvalue weighted by molar-refractivity contribution is 5.61. The highest BCUT2D eigenvalue weighted by Gasteiger charge is 2.33. The van der Waals surface area contributed by atoms with Crippen LogP contribution in [0.2, 0.25) is 0 Å². The van der Waals surface area contributed by atoms with Crippen molar-refractivity contribution in [1.29, 1.82) is 0 Å². The molecule has 1 nitrogen and oxygen atoms in total. The normalized spacial score (nSPS) is 17.3. The van der Waals surface area contributed by atoms with Crippen molar-refractivity contribution < 1.29 is 5.11 Å². The van der Waals surface area contributed by atoms with Crippen molar-refractivity contribution in [3.05, 3.63) is 64.7 Å². The van der Waals surface area contributed by atoms with Gasteiger partial charge in [0.05, 0.1) is 0 Å². The van der Waals surface area contributed by atoms with Crippen LogP contribution in [0.5, 0.6) is 5.75 Å². The van der Waals surface area contributed by atoms with Gasteiger partial charge >= 0.3 is 0 Å². The molecule has 15 heavy (non-hydrogen) atoms. The molecule has 0 radical (unpaired) electrons. The number of benzene rings is 2. The largest absolute Gasteiger partial charge is 0.508 e. The lowest BCUT2D eigenvalue weighted by Crippen LogP contribution is -1.79. The molecule has 2 aromatic rings. The molecule has 1 aliphatic carbocycles. The van der Waals surface area contributed by atoms with Crippen molar-refractivity contribution in [1.82, 2.24) is 0 Å². The van der Waals surface area contributed by atoms with Crippen molar-refractivity contribution in [2.75, 3.05) is 0 Å². The van der Waals surface area contributed by atoms with Gasteiger partial charge in [0.15, 0.2) is 0 Å². The Hall–Kier alpha value is -1.76. The molecule has 0 aromatic heterocycles. The number of rotatable bonds is 1. The van der Waals surface area contributed by atoms with Crippen LogP contribution in [0.15, 0.2) is 42.5 Å². The van der Waals surface area contributed by atoms with Gasteiger partial charge in [-0.1, -0.05) is 35.9 Å². The summed E-state index contributed by atoms with van der Waals surface area (Å²) in [6.07, 6.45) is 0. The van der Waals surface area contributed by atoms with Gasteiger partial charge in [0.25, 0.3) is 0 Å². The van der Waals surface area contributed by atoms with Gasteiger partial charge in [-0.25, -0.2) is 0 Å². The number of aromatic hydroxyl groups is 1. The second-order valence-corrected chi connectivity index (χ2v) is 4.16. The number of hydrogen-bond acceptors (Lipinski definition) is 1. The Morgan fingerprint density at radius 2 is 1.67 bits per heavy atom. The molecule has 0 bridgehead atoms. The van der Waals surface area contributed by atoms with Gasteiger partial charge in [0.1, 0.15) is 5.75 Å². The Kier molecular flexibility index (Phi) is 1.63. The summed E-state index contributed by atoms with van der Waals surface area (Å²) < 4.78 is 0. The van der Waals surface area contributed by atoms with Crippen LogP contribution in [-0.2, 0) is 0 Å². The molecule has 1 aliphatic rings. The van der Waals surface area contributed by atoms with Gasteiger partial charge in [0, 0.05) is 5.92 Å². The van der Waals surface area contributed by atoms with Crippen LogP contribution >= 0.6 is 0 Å². The number of phenols is 1. The number of phenolic OH excluding ortho intramolecular Hbond substituents is 1. The predicted octanol–water partition coefficient (Wildman–Crippen LogP) is 3.19. The zero-order valence-electron chi connectivity index (χ0n) is 8.57. The first kappa shape index (κ1) is 8.54. The summed E-state index contributed by atoms with van der Waals surface area (Å²) in [4.78, 5) is 0. The maximum atomic E-state index is 9.22. The fourth-order valence-electron chi connectivity index (χ4n) is 2.16. The maximum Gasteiger partial charge on any atom is 0.115 e. The maximum absolute atomic E-state index is 9.22. The molecule has 0 spiro atoms. The van der Waals surface area contributed by atoms with Gasteiger partial charge in [-0.2, -0.15) is 0 Å². The molecule has 0 fully saturated rings. The van der Waals surface area contributed by atoms with Crippen LogP contribution in [0.1, 0.15) is 28.2 Å². The van der Waals surface area contributed by atoms with Crippen molar-refractivity contribution in [3.8, 4) is 5.75 Å². The lowest BCUT2D eigenvalue weighted by atomic mass is 10.1. The van der Waals surface area contributed by atoms with Crippen molar-refractivity contribution in [2.24, 2.45) is 0 Å². The predicted molar refractivity (Wildman–Crippen MR) is 60.2 cm³/mol. The van der Waals surface area contributed by atoms with Crippen LogP contribution in [0, 0.1) is 6.92 Å². The van der Waals surface area contributed by atoms with E-state index in [1.54, 1.807) is 12.1 Å². The van der Waals surface area contributed by atoms with Gasteiger partial charge in [0.2, 0.25) is 0 Å². The monoisotopic (exact) mass is 196 g/mol. The van der Waals surface area contributed by atoms with E-state index in [1.165, 1.54) is 22.3 Å². The third-order valence-corrected chi connectivity index (χ3v) is 3.01. The smallest absolute Gasteiger partial charge is 0.115 e. The van der Waals surface area contributed by atoms with E-state index >= 15 is 0 Å². The molecule has 1 atom stereocenters. The topological polar surface area (TPSA) is 20.2 Å². The second-order valence-electron chi connectivity index (χ2n) is 4.16. The standard InChI is InChI=1S/C14H12O/c1-9-2-7-12-13(8-9)14(12)10-3-5-11(15)6-4-10/h2-8,14-15H,1H3. The Balaban J connectivity index is 1.97. The lowest BCUT2D eigenvalue weighted by Gasteiger charge is -1.97. The summed E-state index contributed by atoms with van der Waals surface area (Å²) in [5, 5.41) is 9.22. The minimum absolute atomic E-state index is 0.333. The van der Waals surface area contributed by atoms with Gasteiger partial charge < -0.3 is 5.11 Å². The van der Waals surface area contributed by atoms with Crippen molar-refractivity contribution in [3.63, 3.8) is 0 Å². The highest BCUT2D eigenvalue weighted by Crippen LogP contribution is 2.48. The van der Waals surface area contributed by atoms with Gasteiger partial charge in [-0.05, 0) is 35.7 Å². The van der Waals surface area contributed by atoms with Gasteiger partial charge in [-0.3, -0.25) is 0 Å². The first-order valence-electron chi connectivity index (χ1n) is 5.15. The summed E-state index contributed by atoms with van der Waals surface area (Å²) in [5.41, 5.74) is 5.44. The molecule has 0 aliphatic heterocycles. The highest BCUT2D eigenvalue weighted by atomic mass is 16.3. The average molecular weight is 196 g/mol. The molecule has 1 N–H and O–H groups in total. The SMILES string of the molecule is Cc1ccc2c(c1)C2c1ccc(O)cc1. The Bertz CT molecular complexity index is 511. The van der Waals surface area contributed by atoms with E-state index in [0.29, 0.717) is 11.7 Å². The molecule has 74 valence electrons. The summed E-state index contributed by atoms with van der Waals surface area (Å²) >= 11 is 0. The van der Waals surface area contributed by atoms with Crippen LogP contribution < -0.4 is 0 Å². The van der Waals surface area contributed by atoms with Crippen LogP contribution in [-0.4, -0.2) is 5.11 Å². The summed E-state index contributed by atoms with van der Waals surface area (Å²) in [5.74, 6) is 0.805. The zero-order chi connectivity index (χ0) is 10.4. The van der Waals surface area contributed by atoms with E-state index in [9.17, 15) is 5.11 Å². The van der Waals surface area contributed by atoms with E-state index in [4.69, 9.17) is 0 Å². The third kappa shape index (κ3) is 1.32. The molecule has 0 amide bonds. The first-order valence-corrected chi connectivity index (χ1v) is 5.15. The Morgan fingerprint density at radius 1 is 0.933 bits per heavy atom. The summed E-state index contributed by atoms with van der Waals surface area (Å²) in [6, 6.07) is 14.1. The third-order valence-electron chi connectivity index (χ3n) is 3.01. The number of aryl methyl sites for hydroxylation is 1. The van der Waals surface area contributed by atoms with E-state index in [-0.39, 0.29) is 0 Å². The zero-order valence-corrected chi connectivity index (χ0v) is 8.57. The van der Waals surface area contributed by atoms with Gasteiger partial charge in [-0.15, -0.1) is 0 Å². The summed E-state index contributed by atoms with van der Waals surface area (Å²) in [7, 11) is 0. The van der Waals surface area contributed by atoms with E-state index in [1.807, 2.05) is 12.1 Å². The van der Waals surface area contributed by atoms with E-state index in [0.717, 1.165) is 0 Å². The number of hydrogen-bond donors (Lipinski definition) is 1. The molecule has 0 heterocycles. The van der Waals surface area contributed by atoms with Crippen molar-refractivity contribution >= 4 is 0 Å². The van der Waals surface area contributed by atoms with E-state index < -0.39 is 0 Å². The Morgan fingerprint density at radius 3 is 2.33 bits per heavy atom. The van der Waals surface area contributed by atoms with E-state index in [2.05, 4.69) is 25.1 Å². The van der Waals surface area contributed by atoms with Crippen LogP contribution in [0.4, 0.5) is 0 Å². The minimum Gasteiger partial charge on any atom is -0.508 e. The summed E-state index contributed by atoms with van der Waals surface area (Å²) in [6.45, 7) is 2.12. The molecular formula is C14H12O. The fourth-order valence-corrected chi connectivity index (χ4v) is 2.16. The lowest BCUT2D eigenvalue weighted by molar-refractivity contribution is 0.475. The van der Waals surface area contributed by atoms with Crippen LogP contribution in [0.3, 0.4) is 0 Å². The molecule has 3 rings (SSSR count). The quantitative estimate of drug-likeness (QED) is 0.633. The first-order chi connectivity index (χ1) is 7.25. The molecule has 2 aromatic carbocycles. The van der Waals surface area contributed by atoms with Crippen LogP contribution in [0.25, 0.3) is 0 Å². The molecule has 1 heteroatoms. The Labute approximate surface area is 89.0 Å². The fraction of sp³-hybridized carbons (Fsp3) is 0.143. The molecule has 1 unspecified atom stereocenters. The molecule has 0 saturated heterocycles. The molecule has 0 saturated carbocycles. The average Bonchev–Trinajstić information content (AvgIpc) is 2.92. The number of fused-ring (bicyclic) bond motifs is 1. The van der Waals surface area contributed by atoms with Crippen molar-refractivity contribution in [2.45, 2.75) is 12.8 Å². The minimum atomic E-state index is 0.333. The molecular weight excluding hydrogens is 184 g/mol.